The molecule has 0 spiro atoms. The molecule has 0 aliphatic rings. The van der Waals surface area contributed by atoms with Gasteiger partial charge in [0.25, 0.3) is 0 Å². The average molecular weight is 500 g/mol. The summed E-state index contributed by atoms with van der Waals surface area (Å²) in [7, 11) is 0. The van der Waals surface area contributed by atoms with E-state index in [1.165, 1.54) is 4.88 Å². The lowest BCUT2D eigenvalue weighted by Gasteiger charge is -2.07. The van der Waals surface area contributed by atoms with Gasteiger partial charge in [0.1, 0.15) is 11.6 Å². The van der Waals surface area contributed by atoms with Crippen LogP contribution < -0.4 is 0 Å². The van der Waals surface area contributed by atoms with Crippen molar-refractivity contribution in [3.8, 4) is 0 Å². The summed E-state index contributed by atoms with van der Waals surface area (Å²) in [6.45, 7) is 0.680. The standard InChI is InChI=1S/C14H10BrClFIN2S/c15-13-2-1-8(21-13)7-20-12-5-9(17)10(18)6-11(12)19-14(20)3-4-16/h1-2,5-6H,3-4,7H2. The maximum atomic E-state index is 13.9. The first-order chi connectivity index (χ1) is 10.1. The third-order valence-electron chi connectivity index (χ3n) is 3.13. The molecule has 0 saturated carbocycles. The Morgan fingerprint density at radius 2 is 2.19 bits per heavy atom. The van der Waals surface area contributed by atoms with Crippen LogP contribution in [0.1, 0.15) is 10.7 Å². The first-order valence-corrected chi connectivity index (χ1v) is 9.45. The molecule has 3 aromatic rings. The molecule has 2 aromatic heterocycles. The van der Waals surface area contributed by atoms with E-state index in [2.05, 4.69) is 31.5 Å². The number of alkyl halides is 1. The highest BCUT2D eigenvalue weighted by Gasteiger charge is 2.14. The summed E-state index contributed by atoms with van der Waals surface area (Å²) in [5.74, 6) is 1.18. The number of nitrogens with zero attached hydrogens (tertiary/aromatic N) is 2. The van der Waals surface area contributed by atoms with E-state index < -0.39 is 0 Å². The van der Waals surface area contributed by atoms with E-state index >= 15 is 0 Å². The Morgan fingerprint density at radius 3 is 2.86 bits per heavy atom. The Morgan fingerprint density at radius 1 is 1.38 bits per heavy atom. The molecule has 21 heavy (non-hydrogen) atoms. The molecule has 0 aliphatic carbocycles. The molecule has 0 fully saturated rings. The van der Waals surface area contributed by atoms with E-state index in [1.54, 1.807) is 23.5 Å². The number of hydrogen-bond donors (Lipinski definition) is 0. The van der Waals surface area contributed by atoms with Gasteiger partial charge in [-0.1, -0.05) is 0 Å². The molecule has 7 heteroatoms. The van der Waals surface area contributed by atoms with Gasteiger partial charge in [0.15, 0.2) is 0 Å². The van der Waals surface area contributed by atoms with Gasteiger partial charge in [0.2, 0.25) is 0 Å². The summed E-state index contributed by atoms with van der Waals surface area (Å²) < 4.78 is 17.6. The summed E-state index contributed by atoms with van der Waals surface area (Å²) >= 11 is 13.0. The fraction of sp³-hybridized carbons (Fsp3) is 0.214. The van der Waals surface area contributed by atoms with Crippen molar-refractivity contribution < 1.29 is 4.39 Å². The Bertz CT molecular complexity index is 802. The van der Waals surface area contributed by atoms with Crippen LogP contribution in [0.3, 0.4) is 0 Å². The van der Waals surface area contributed by atoms with Gasteiger partial charge in [-0.15, -0.1) is 22.9 Å². The van der Waals surface area contributed by atoms with E-state index in [-0.39, 0.29) is 5.82 Å². The van der Waals surface area contributed by atoms with Crippen molar-refractivity contribution in [1.29, 1.82) is 0 Å². The lowest BCUT2D eigenvalue weighted by atomic mass is 10.3. The Labute approximate surface area is 152 Å². The Hall–Kier alpha value is -0.180. The maximum absolute atomic E-state index is 13.9. The van der Waals surface area contributed by atoms with E-state index in [9.17, 15) is 4.39 Å². The predicted molar refractivity (Wildman–Crippen MR) is 98.0 cm³/mol. The van der Waals surface area contributed by atoms with Crippen LogP contribution >= 0.6 is 61.5 Å². The molecule has 0 saturated heterocycles. The number of aryl methyl sites for hydroxylation is 1. The summed E-state index contributed by atoms with van der Waals surface area (Å²) in [6.07, 6.45) is 0.668. The minimum absolute atomic E-state index is 0.214. The number of rotatable bonds is 4. The number of thiophene rings is 1. The van der Waals surface area contributed by atoms with Crippen LogP contribution in [0.2, 0.25) is 0 Å². The van der Waals surface area contributed by atoms with Crippen LogP contribution in [0, 0.1) is 9.39 Å². The molecular weight excluding hydrogens is 489 g/mol. The average Bonchev–Trinajstić information content (AvgIpc) is 2.97. The summed E-state index contributed by atoms with van der Waals surface area (Å²) in [4.78, 5) is 5.80. The van der Waals surface area contributed by atoms with Gasteiger partial charge >= 0.3 is 0 Å². The molecule has 0 radical (unpaired) electrons. The SMILES string of the molecule is Fc1cc2c(cc1I)nc(CCCl)n2Cc1ccc(Br)s1. The van der Waals surface area contributed by atoms with Gasteiger partial charge < -0.3 is 4.57 Å². The van der Waals surface area contributed by atoms with Crippen molar-refractivity contribution in [2.24, 2.45) is 0 Å². The minimum Gasteiger partial charge on any atom is -0.323 e. The number of benzene rings is 1. The molecule has 2 heterocycles. The first-order valence-electron chi connectivity index (χ1n) is 6.23. The molecule has 0 N–H and O–H groups in total. The van der Waals surface area contributed by atoms with Crippen LogP contribution in [-0.4, -0.2) is 15.4 Å². The zero-order valence-electron chi connectivity index (χ0n) is 10.7. The fourth-order valence-electron chi connectivity index (χ4n) is 2.21. The van der Waals surface area contributed by atoms with Crippen molar-refractivity contribution in [3.05, 3.63) is 48.1 Å². The van der Waals surface area contributed by atoms with Crippen molar-refractivity contribution in [3.63, 3.8) is 0 Å². The smallest absolute Gasteiger partial charge is 0.138 e. The van der Waals surface area contributed by atoms with Crippen LogP contribution in [-0.2, 0) is 13.0 Å². The molecule has 110 valence electrons. The minimum atomic E-state index is -0.214. The molecule has 0 atom stereocenters. The van der Waals surface area contributed by atoms with Crippen LogP contribution in [0.25, 0.3) is 11.0 Å². The van der Waals surface area contributed by atoms with Crippen molar-refractivity contribution in [2.75, 3.05) is 5.88 Å². The van der Waals surface area contributed by atoms with Crippen LogP contribution in [0.4, 0.5) is 4.39 Å². The zero-order chi connectivity index (χ0) is 15.0. The van der Waals surface area contributed by atoms with E-state index in [4.69, 9.17) is 11.6 Å². The predicted octanol–water partition coefficient (Wildman–Crippen LogP) is 5.43. The third kappa shape index (κ3) is 3.28. The number of imidazole rings is 1. The second kappa shape index (κ2) is 6.52. The highest BCUT2D eigenvalue weighted by Crippen LogP contribution is 2.27. The molecule has 1 aromatic carbocycles. The summed E-state index contributed by atoms with van der Waals surface area (Å²) in [5, 5.41) is 0. The van der Waals surface area contributed by atoms with Gasteiger partial charge in [-0.3, -0.25) is 0 Å². The fourth-order valence-corrected chi connectivity index (χ4v) is 4.31. The zero-order valence-corrected chi connectivity index (χ0v) is 16.1. The van der Waals surface area contributed by atoms with Crippen LogP contribution in [0.15, 0.2) is 28.1 Å². The molecule has 3 rings (SSSR count). The second-order valence-corrected chi connectivity index (χ2v) is 8.60. The van der Waals surface area contributed by atoms with Gasteiger partial charge in [0, 0.05) is 23.2 Å². The quantitative estimate of drug-likeness (QED) is 0.346. The number of halogens is 4. The number of fused-ring (bicyclic) bond motifs is 1. The van der Waals surface area contributed by atoms with Gasteiger partial charge in [-0.2, -0.15) is 0 Å². The summed E-state index contributed by atoms with van der Waals surface area (Å²) in [5.41, 5.74) is 1.63. The van der Waals surface area contributed by atoms with Gasteiger partial charge in [-0.05, 0) is 56.7 Å². The molecule has 0 unspecified atom stereocenters. The van der Waals surface area contributed by atoms with E-state index in [0.29, 0.717) is 22.4 Å². The maximum Gasteiger partial charge on any atom is 0.138 e. The van der Waals surface area contributed by atoms with E-state index in [1.807, 2.05) is 28.7 Å². The first kappa shape index (κ1) is 15.7. The normalized spacial score (nSPS) is 11.4. The third-order valence-corrected chi connectivity index (χ3v) is 5.75. The monoisotopic (exact) mass is 498 g/mol. The topological polar surface area (TPSA) is 17.8 Å². The number of aromatic nitrogens is 2. The largest absolute Gasteiger partial charge is 0.323 e. The Balaban J connectivity index is 2.12. The van der Waals surface area contributed by atoms with Crippen molar-refractivity contribution in [1.82, 2.24) is 9.55 Å². The van der Waals surface area contributed by atoms with Gasteiger partial charge in [-0.25, -0.2) is 9.37 Å². The lowest BCUT2D eigenvalue weighted by molar-refractivity contribution is 0.621. The molecule has 2 nitrogen and oxygen atoms in total. The Kier molecular flexibility index (Phi) is 4.87. The van der Waals surface area contributed by atoms with Gasteiger partial charge in [0.05, 0.1) is 24.9 Å². The number of hydrogen-bond acceptors (Lipinski definition) is 2. The highest BCUT2D eigenvalue weighted by molar-refractivity contribution is 14.1. The molecular formula is C14H10BrClFIN2S. The molecule has 0 amide bonds. The second-order valence-electron chi connectivity index (χ2n) is 4.51. The molecule has 0 bridgehead atoms. The van der Waals surface area contributed by atoms with Crippen LogP contribution in [0.5, 0.6) is 0 Å². The molecule has 0 aliphatic heterocycles. The van der Waals surface area contributed by atoms with Crippen molar-refractivity contribution >= 4 is 72.5 Å². The van der Waals surface area contributed by atoms with Crippen molar-refractivity contribution in [2.45, 2.75) is 13.0 Å². The summed E-state index contributed by atoms with van der Waals surface area (Å²) in [6, 6.07) is 7.42. The van der Waals surface area contributed by atoms with E-state index in [0.717, 1.165) is 20.6 Å². The highest BCUT2D eigenvalue weighted by atomic mass is 127. The lowest BCUT2D eigenvalue weighted by Crippen LogP contribution is -2.05.